The van der Waals surface area contributed by atoms with Gasteiger partial charge in [-0.05, 0) is 32.6 Å². The van der Waals surface area contributed by atoms with Gasteiger partial charge in [-0.15, -0.1) is 0 Å². The van der Waals surface area contributed by atoms with Crippen molar-refractivity contribution in [3.05, 3.63) is 23.0 Å². The highest BCUT2D eigenvalue weighted by molar-refractivity contribution is 5.53. The van der Waals surface area contributed by atoms with Crippen molar-refractivity contribution in [3.63, 3.8) is 0 Å². The molecule has 4 nitrogen and oxygen atoms in total. The summed E-state index contributed by atoms with van der Waals surface area (Å²) >= 11 is 0. The van der Waals surface area contributed by atoms with Crippen LogP contribution in [0, 0.1) is 6.92 Å². The molecule has 0 atom stereocenters. The zero-order valence-electron chi connectivity index (χ0n) is 13.7. The molecule has 0 aliphatic rings. The Labute approximate surface area is 127 Å². The Morgan fingerprint density at radius 1 is 1.05 bits per heavy atom. The van der Waals surface area contributed by atoms with Gasteiger partial charge >= 0.3 is 0 Å². The second-order valence-electron chi connectivity index (χ2n) is 5.89. The van der Waals surface area contributed by atoms with E-state index in [1.807, 2.05) is 13.0 Å². The number of hydrogen-bond acceptors (Lipinski definition) is 3. The van der Waals surface area contributed by atoms with E-state index in [1.54, 1.807) is 4.52 Å². The van der Waals surface area contributed by atoms with Crippen LogP contribution in [0.3, 0.4) is 0 Å². The van der Waals surface area contributed by atoms with Crippen molar-refractivity contribution < 1.29 is 0 Å². The van der Waals surface area contributed by atoms with Gasteiger partial charge in [0.1, 0.15) is 5.82 Å². The predicted molar refractivity (Wildman–Crippen MR) is 88.6 cm³/mol. The fourth-order valence-corrected chi connectivity index (χ4v) is 2.80. The molecule has 0 aliphatic heterocycles. The summed E-state index contributed by atoms with van der Waals surface area (Å²) in [5.41, 5.74) is 10.6. The Morgan fingerprint density at radius 3 is 2.38 bits per heavy atom. The zero-order chi connectivity index (χ0) is 15.2. The van der Waals surface area contributed by atoms with Crippen LogP contribution in [0.1, 0.15) is 69.3 Å². The van der Waals surface area contributed by atoms with Crippen molar-refractivity contribution in [3.8, 4) is 0 Å². The maximum atomic E-state index is 6.38. The highest BCUT2D eigenvalue weighted by Gasteiger charge is 2.14. The summed E-state index contributed by atoms with van der Waals surface area (Å²) in [5, 5.41) is 4.47. The molecular weight excluding hydrogens is 260 g/mol. The SMILES string of the molecule is CCCCCc1nc2cc(C)nn2c(N)c1CCCCC. The number of fused-ring (bicyclic) bond motifs is 1. The largest absolute Gasteiger partial charge is 0.383 e. The fraction of sp³-hybridized carbons (Fsp3) is 0.647. The standard InChI is InChI=1S/C17H28N4/c1-4-6-8-10-14-15(11-9-7-5-2)19-16-12-13(3)20-21(16)17(14)18/h12H,4-11,18H2,1-3H3. The van der Waals surface area contributed by atoms with Crippen molar-refractivity contribution >= 4 is 11.5 Å². The third kappa shape index (κ3) is 3.74. The maximum absolute atomic E-state index is 6.38. The predicted octanol–water partition coefficient (Wildman–Crippen LogP) is 4.09. The first-order valence-corrected chi connectivity index (χ1v) is 8.31. The Morgan fingerprint density at radius 2 is 1.71 bits per heavy atom. The Balaban J connectivity index is 2.33. The summed E-state index contributed by atoms with van der Waals surface area (Å²) in [4.78, 5) is 4.83. The number of anilines is 1. The molecule has 0 amide bonds. The minimum Gasteiger partial charge on any atom is -0.383 e. The molecule has 21 heavy (non-hydrogen) atoms. The molecule has 0 spiro atoms. The van der Waals surface area contributed by atoms with Crippen LogP contribution in [0.5, 0.6) is 0 Å². The zero-order valence-corrected chi connectivity index (χ0v) is 13.7. The number of nitrogens with two attached hydrogens (primary N) is 1. The van der Waals surface area contributed by atoms with E-state index in [0.29, 0.717) is 0 Å². The van der Waals surface area contributed by atoms with Crippen LogP contribution >= 0.6 is 0 Å². The van der Waals surface area contributed by atoms with Gasteiger partial charge in [-0.2, -0.15) is 9.61 Å². The molecular formula is C17H28N4. The van der Waals surface area contributed by atoms with Crippen LogP contribution in [0.4, 0.5) is 5.82 Å². The highest BCUT2D eigenvalue weighted by Crippen LogP contribution is 2.22. The smallest absolute Gasteiger partial charge is 0.157 e. The molecule has 2 N–H and O–H groups in total. The molecule has 2 aromatic heterocycles. The minimum absolute atomic E-state index is 0.788. The Hall–Kier alpha value is -1.58. The monoisotopic (exact) mass is 288 g/mol. The molecule has 0 aliphatic carbocycles. The van der Waals surface area contributed by atoms with E-state index in [1.165, 1.54) is 49.8 Å². The maximum Gasteiger partial charge on any atom is 0.157 e. The van der Waals surface area contributed by atoms with Gasteiger partial charge < -0.3 is 5.73 Å². The van der Waals surface area contributed by atoms with Gasteiger partial charge in [-0.1, -0.05) is 39.5 Å². The molecule has 0 saturated carbocycles. The van der Waals surface area contributed by atoms with Gasteiger partial charge in [0.05, 0.1) is 5.69 Å². The molecule has 0 unspecified atom stereocenters. The van der Waals surface area contributed by atoms with E-state index >= 15 is 0 Å². The normalized spacial score (nSPS) is 11.4. The summed E-state index contributed by atoms with van der Waals surface area (Å²) in [5.74, 6) is 0.788. The van der Waals surface area contributed by atoms with Gasteiger partial charge in [0.15, 0.2) is 5.65 Å². The number of unbranched alkanes of at least 4 members (excludes halogenated alkanes) is 4. The van der Waals surface area contributed by atoms with E-state index in [-0.39, 0.29) is 0 Å². The molecule has 2 heterocycles. The van der Waals surface area contributed by atoms with Crippen LogP contribution in [0.2, 0.25) is 0 Å². The second kappa shape index (κ2) is 7.43. The van der Waals surface area contributed by atoms with Gasteiger partial charge in [-0.3, -0.25) is 0 Å². The van der Waals surface area contributed by atoms with E-state index in [4.69, 9.17) is 10.7 Å². The first-order chi connectivity index (χ1) is 10.2. The molecule has 0 aromatic carbocycles. The van der Waals surface area contributed by atoms with E-state index in [0.717, 1.165) is 30.0 Å². The summed E-state index contributed by atoms with van der Waals surface area (Å²) in [6.07, 6.45) is 9.35. The van der Waals surface area contributed by atoms with Gasteiger partial charge in [0.2, 0.25) is 0 Å². The average molecular weight is 288 g/mol. The van der Waals surface area contributed by atoms with E-state index in [9.17, 15) is 0 Å². The Bertz CT molecular complexity index is 586. The van der Waals surface area contributed by atoms with Crippen LogP contribution in [-0.4, -0.2) is 14.6 Å². The van der Waals surface area contributed by atoms with E-state index < -0.39 is 0 Å². The van der Waals surface area contributed by atoms with Crippen LogP contribution in [0.15, 0.2) is 6.07 Å². The van der Waals surface area contributed by atoms with Crippen molar-refractivity contribution in [1.29, 1.82) is 0 Å². The lowest BCUT2D eigenvalue weighted by Crippen LogP contribution is -2.10. The first-order valence-electron chi connectivity index (χ1n) is 8.31. The van der Waals surface area contributed by atoms with Crippen LogP contribution in [-0.2, 0) is 12.8 Å². The van der Waals surface area contributed by atoms with Crippen molar-refractivity contribution in [2.45, 2.75) is 72.1 Å². The molecule has 0 fully saturated rings. The molecule has 2 aromatic rings. The minimum atomic E-state index is 0.788. The van der Waals surface area contributed by atoms with E-state index in [2.05, 4.69) is 18.9 Å². The van der Waals surface area contributed by atoms with Crippen molar-refractivity contribution in [2.24, 2.45) is 0 Å². The third-order valence-electron chi connectivity index (χ3n) is 4.00. The number of aryl methyl sites for hydroxylation is 2. The first kappa shape index (κ1) is 15.8. The Kier molecular flexibility index (Phi) is 5.59. The highest BCUT2D eigenvalue weighted by atomic mass is 15.3. The molecule has 4 heteroatoms. The lowest BCUT2D eigenvalue weighted by molar-refractivity contribution is 0.680. The summed E-state index contributed by atoms with van der Waals surface area (Å²) in [7, 11) is 0. The van der Waals surface area contributed by atoms with Crippen molar-refractivity contribution in [2.75, 3.05) is 5.73 Å². The molecule has 0 radical (unpaired) electrons. The molecule has 2 rings (SSSR count). The van der Waals surface area contributed by atoms with Gasteiger partial charge in [0, 0.05) is 17.3 Å². The third-order valence-corrected chi connectivity index (χ3v) is 4.00. The second-order valence-corrected chi connectivity index (χ2v) is 5.89. The summed E-state index contributed by atoms with van der Waals surface area (Å²) in [6, 6.07) is 2.01. The molecule has 0 bridgehead atoms. The van der Waals surface area contributed by atoms with Gasteiger partial charge in [0.25, 0.3) is 0 Å². The number of rotatable bonds is 8. The number of nitrogen functional groups attached to an aromatic ring is 1. The average Bonchev–Trinajstić information content (AvgIpc) is 2.83. The topological polar surface area (TPSA) is 56.2 Å². The summed E-state index contributed by atoms with van der Waals surface area (Å²) in [6.45, 7) is 6.44. The lowest BCUT2D eigenvalue weighted by Gasteiger charge is -2.13. The van der Waals surface area contributed by atoms with Crippen molar-refractivity contribution in [1.82, 2.24) is 14.6 Å². The fourth-order valence-electron chi connectivity index (χ4n) is 2.80. The summed E-state index contributed by atoms with van der Waals surface area (Å²) < 4.78 is 1.81. The van der Waals surface area contributed by atoms with Crippen LogP contribution < -0.4 is 5.73 Å². The quantitative estimate of drug-likeness (QED) is 0.744. The number of nitrogens with zero attached hydrogens (tertiary/aromatic N) is 3. The number of aromatic nitrogens is 3. The van der Waals surface area contributed by atoms with Gasteiger partial charge in [-0.25, -0.2) is 4.98 Å². The van der Waals surface area contributed by atoms with Crippen LogP contribution in [0.25, 0.3) is 5.65 Å². The number of hydrogen-bond donors (Lipinski definition) is 1. The molecule has 116 valence electrons. The lowest BCUT2D eigenvalue weighted by atomic mass is 10.0. The molecule has 0 saturated heterocycles.